The Balaban J connectivity index is 1.79. The van der Waals surface area contributed by atoms with E-state index in [0.29, 0.717) is 6.54 Å². The minimum atomic E-state index is -0.0810. The summed E-state index contributed by atoms with van der Waals surface area (Å²) in [6, 6.07) is 0. The highest BCUT2D eigenvalue weighted by Gasteiger charge is 2.29. The number of ether oxygens (including phenoxy) is 1. The minimum absolute atomic E-state index is 0.0810. The van der Waals surface area contributed by atoms with Gasteiger partial charge in [-0.05, 0) is 19.8 Å². The molecule has 0 aliphatic carbocycles. The van der Waals surface area contributed by atoms with Gasteiger partial charge in [0.25, 0.3) is 0 Å². The first-order chi connectivity index (χ1) is 9.13. The van der Waals surface area contributed by atoms with Crippen molar-refractivity contribution < 1.29 is 4.74 Å². The van der Waals surface area contributed by atoms with Crippen LogP contribution >= 0.6 is 0 Å². The Morgan fingerprint density at radius 2 is 2.42 bits per heavy atom. The highest BCUT2D eigenvalue weighted by molar-refractivity contribution is 5.79. The van der Waals surface area contributed by atoms with Gasteiger partial charge in [0.05, 0.1) is 12.1 Å². The molecule has 106 valence electrons. The third kappa shape index (κ3) is 3.66. The molecular formula is C12H22N6O. The van der Waals surface area contributed by atoms with Crippen molar-refractivity contribution in [3.05, 3.63) is 12.2 Å². The molecule has 1 aromatic rings. The Morgan fingerprint density at radius 1 is 1.58 bits per heavy atom. The van der Waals surface area contributed by atoms with E-state index in [2.05, 4.69) is 32.7 Å². The molecule has 19 heavy (non-hydrogen) atoms. The van der Waals surface area contributed by atoms with E-state index in [0.717, 1.165) is 37.8 Å². The van der Waals surface area contributed by atoms with Gasteiger partial charge in [-0.15, -0.1) is 10.2 Å². The molecule has 1 saturated heterocycles. The summed E-state index contributed by atoms with van der Waals surface area (Å²) in [6.45, 7) is 4.32. The van der Waals surface area contributed by atoms with Gasteiger partial charge in [-0.1, -0.05) is 0 Å². The molecule has 0 aromatic carbocycles. The standard InChI is InChI=1S/C12H22N6O/c1-12(5-4-6-19-12)8-15-11(13-2)14-7-10-17-16-9-18(10)3/h9H,4-8H2,1-3H3,(H2,13,14,15). The number of aliphatic imine (C=N–C) groups is 1. The van der Waals surface area contributed by atoms with Crippen LogP contribution in [0.3, 0.4) is 0 Å². The van der Waals surface area contributed by atoms with Gasteiger partial charge in [-0.25, -0.2) is 0 Å². The van der Waals surface area contributed by atoms with Crippen LogP contribution in [0.15, 0.2) is 11.3 Å². The Kier molecular flexibility index (Phi) is 4.36. The van der Waals surface area contributed by atoms with Crippen LogP contribution in [0.4, 0.5) is 0 Å². The van der Waals surface area contributed by atoms with Crippen LogP contribution in [-0.4, -0.2) is 46.5 Å². The molecule has 2 heterocycles. The molecular weight excluding hydrogens is 244 g/mol. The second kappa shape index (κ2) is 6.01. The Hall–Kier alpha value is -1.63. The van der Waals surface area contributed by atoms with Crippen LogP contribution in [0.1, 0.15) is 25.6 Å². The van der Waals surface area contributed by atoms with Crippen molar-refractivity contribution in [1.29, 1.82) is 0 Å². The summed E-state index contributed by atoms with van der Waals surface area (Å²) in [5.74, 6) is 1.62. The fourth-order valence-corrected chi connectivity index (χ4v) is 2.10. The molecule has 7 nitrogen and oxygen atoms in total. The summed E-state index contributed by atoms with van der Waals surface area (Å²) < 4.78 is 7.61. The third-order valence-electron chi connectivity index (χ3n) is 3.37. The van der Waals surface area contributed by atoms with Crippen LogP contribution in [0.2, 0.25) is 0 Å². The maximum atomic E-state index is 5.73. The van der Waals surface area contributed by atoms with E-state index in [-0.39, 0.29) is 5.60 Å². The number of rotatable bonds is 4. The predicted octanol–water partition coefficient (Wildman–Crippen LogP) is 0.0492. The van der Waals surface area contributed by atoms with Gasteiger partial charge in [-0.2, -0.15) is 0 Å². The van der Waals surface area contributed by atoms with Gasteiger partial charge in [0.15, 0.2) is 11.8 Å². The Bertz CT molecular complexity index is 435. The van der Waals surface area contributed by atoms with E-state index in [1.807, 2.05) is 11.6 Å². The molecule has 2 rings (SSSR count). The fraction of sp³-hybridized carbons (Fsp3) is 0.750. The van der Waals surface area contributed by atoms with E-state index in [9.17, 15) is 0 Å². The van der Waals surface area contributed by atoms with Crippen molar-refractivity contribution in [2.24, 2.45) is 12.0 Å². The molecule has 1 aliphatic heterocycles. The third-order valence-corrected chi connectivity index (χ3v) is 3.37. The van der Waals surface area contributed by atoms with Crippen LogP contribution in [-0.2, 0) is 18.3 Å². The van der Waals surface area contributed by atoms with E-state index in [1.54, 1.807) is 13.4 Å². The summed E-state index contributed by atoms with van der Waals surface area (Å²) >= 11 is 0. The summed E-state index contributed by atoms with van der Waals surface area (Å²) in [5, 5.41) is 14.4. The summed E-state index contributed by atoms with van der Waals surface area (Å²) in [6.07, 6.45) is 3.89. The Morgan fingerprint density at radius 3 is 3.00 bits per heavy atom. The monoisotopic (exact) mass is 266 g/mol. The van der Waals surface area contributed by atoms with Gasteiger partial charge in [0, 0.05) is 27.2 Å². The van der Waals surface area contributed by atoms with Gasteiger partial charge < -0.3 is 19.9 Å². The zero-order valence-corrected chi connectivity index (χ0v) is 11.8. The second-order valence-corrected chi connectivity index (χ2v) is 5.04. The van der Waals surface area contributed by atoms with Crippen LogP contribution in [0.5, 0.6) is 0 Å². The van der Waals surface area contributed by atoms with Crippen molar-refractivity contribution in [2.75, 3.05) is 20.2 Å². The zero-order valence-electron chi connectivity index (χ0n) is 11.8. The lowest BCUT2D eigenvalue weighted by Gasteiger charge is -2.24. The highest BCUT2D eigenvalue weighted by Crippen LogP contribution is 2.23. The van der Waals surface area contributed by atoms with Crippen molar-refractivity contribution in [2.45, 2.75) is 31.9 Å². The van der Waals surface area contributed by atoms with Crippen molar-refractivity contribution in [1.82, 2.24) is 25.4 Å². The molecule has 1 aromatic heterocycles. The molecule has 0 bridgehead atoms. The summed E-state index contributed by atoms with van der Waals surface area (Å²) in [4.78, 5) is 4.19. The topological polar surface area (TPSA) is 76.4 Å². The maximum absolute atomic E-state index is 5.73. The molecule has 0 spiro atoms. The molecule has 0 radical (unpaired) electrons. The smallest absolute Gasteiger partial charge is 0.191 e. The molecule has 1 fully saturated rings. The van der Waals surface area contributed by atoms with Crippen LogP contribution < -0.4 is 10.6 Å². The lowest BCUT2D eigenvalue weighted by Crippen LogP contribution is -2.45. The van der Waals surface area contributed by atoms with Gasteiger partial charge in [0.2, 0.25) is 0 Å². The number of aryl methyl sites for hydroxylation is 1. The van der Waals surface area contributed by atoms with E-state index < -0.39 is 0 Å². The maximum Gasteiger partial charge on any atom is 0.191 e. The largest absolute Gasteiger partial charge is 0.373 e. The number of guanidine groups is 1. The summed E-state index contributed by atoms with van der Waals surface area (Å²) in [7, 11) is 3.67. The number of aromatic nitrogens is 3. The lowest BCUT2D eigenvalue weighted by molar-refractivity contribution is 0.0243. The molecule has 2 N–H and O–H groups in total. The van der Waals surface area contributed by atoms with Gasteiger partial charge >= 0.3 is 0 Å². The number of hydrogen-bond acceptors (Lipinski definition) is 4. The molecule has 0 amide bonds. The van der Waals surface area contributed by atoms with E-state index in [1.165, 1.54) is 0 Å². The van der Waals surface area contributed by atoms with Gasteiger partial charge in [-0.3, -0.25) is 4.99 Å². The normalized spacial score (nSPS) is 23.6. The molecule has 1 atom stereocenters. The average Bonchev–Trinajstić information content (AvgIpc) is 3.00. The quantitative estimate of drug-likeness (QED) is 0.595. The fourth-order valence-electron chi connectivity index (χ4n) is 2.10. The van der Waals surface area contributed by atoms with E-state index >= 15 is 0 Å². The number of nitrogens with one attached hydrogen (secondary N) is 2. The molecule has 7 heteroatoms. The SMILES string of the molecule is CN=C(NCc1nncn1C)NCC1(C)CCCO1. The van der Waals surface area contributed by atoms with Crippen molar-refractivity contribution in [3.63, 3.8) is 0 Å². The molecule has 1 unspecified atom stereocenters. The van der Waals surface area contributed by atoms with Crippen molar-refractivity contribution >= 4 is 5.96 Å². The first-order valence-electron chi connectivity index (χ1n) is 6.54. The highest BCUT2D eigenvalue weighted by atomic mass is 16.5. The molecule has 1 aliphatic rings. The average molecular weight is 266 g/mol. The first kappa shape index (κ1) is 13.8. The molecule has 0 saturated carbocycles. The summed E-state index contributed by atoms with van der Waals surface area (Å²) in [5.41, 5.74) is -0.0810. The van der Waals surface area contributed by atoms with E-state index in [4.69, 9.17) is 4.74 Å². The first-order valence-corrected chi connectivity index (χ1v) is 6.54. The zero-order chi connectivity index (χ0) is 13.7. The van der Waals surface area contributed by atoms with Crippen LogP contribution in [0.25, 0.3) is 0 Å². The lowest BCUT2D eigenvalue weighted by atomic mass is 10.0. The van der Waals surface area contributed by atoms with Crippen molar-refractivity contribution in [3.8, 4) is 0 Å². The van der Waals surface area contributed by atoms with Crippen LogP contribution in [0, 0.1) is 0 Å². The predicted molar refractivity (Wildman–Crippen MR) is 72.8 cm³/mol. The minimum Gasteiger partial charge on any atom is -0.373 e. The Labute approximate surface area is 113 Å². The number of nitrogens with zero attached hydrogens (tertiary/aromatic N) is 4. The van der Waals surface area contributed by atoms with Gasteiger partial charge in [0.1, 0.15) is 6.33 Å². The second-order valence-electron chi connectivity index (χ2n) is 5.04. The number of hydrogen-bond donors (Lipinski definition) is 2.